The number of carbonyl (C=O) groups is 1. The first kappa shape index (κ1) is 16.1. The number of pyridine rings is 1. The number of hydrogen-bond acceptors (Lipinski definition) is 4. The van der Waals surface area contributed by atoms with Gasteiger partial charge in [0.2, 0.25) is 5.88 Å². The third-order valence-electron chi connectivity index (χ3n) is 3.02. The number of carbonyl (C=O) groups excluding carboxylic acids is 1. The Labute approximate surface area is 133 Å². The van der Waals surface area contributed by atoms with Crippen LogP contribution in [0.25, 0.3) is 0 Å². The number of ether oxygens (including phenoxy) is 2. The molecule has 5 nitrogen and oxygen atoms in total. The lowest BCUT2D eigenvalue weighted by molar-refractivity contribution is 0.00722. The van der Waals surface area contributed by atoms with Crippen LogP contribution in [0.5, 0.6) is 5.88 Å². The molecule has 1 aliphatic heterocycles. The molecule has 0 spiro atoms. The Kier molecular flexibility index (Phi) is 5.08. The molecule has 2 heterocycles. The van der Waals surface area contributed by atoms with Crippen molar-refractivity contribution in [2.24, 2.45) is 0 Å². The first-order valence-corrected chi connectivity index (χ1v) is 7.89. The summed E-state index contributed by atoms with van der Waals surface area (Å²) in [6.07, 6.45) is 3.20. The quantitative estimate of drug-likeness (QED) is 0.811. The second kappa shape index (κ2) is 6.64. The molecule has 0 saturated carbocycles. The Bertz CT molecular complexity index is 485. The Hall–Kier alpha value is -1.30. The van der Waals surface area contributed by atoms with Gasteiger partial charge in [-0.1, -0.05) is 0 Å². The van der Waals surface area contributed by atoms with Crippen LogP contribution in [-0.4, -0.2) is 40.8 Å². The highest BCUT2D eigenvalue weighted by Crippen LogP contribution is 2.20. The van der Waals surface area contributed by atoms with Crippen molar-refractivity contribution in [1.29, 1.82) is 0 Å². The minimum absolute atomic E-state index is 0.0417. The summed E-state index contributed by atoms with van der Waals surface area (Å²) in [5.74, 6) is 0.578. The van der Waals surface area contributed by atoms with Crippen LogP contribution < -0.4 is 4.74 Å². The number of aromatic nitrogens is 1. The van der Waals surface area contributed by atoms with Crippen molar-refractivity contribution in [2.45, 2.75) is 45.3 Å². The Morgan fingerprint density at radius 3 is 2.81 bits per heavy atom. The van der Waals surface area contributed by atoms with Crippen LogP contribution in [-0.2, 0) is 4.74 Å². The Balaban J connectivity index is 1.91. The molecule has 21 heavy (non-hydrogen) atoms. The predicted molar refractivity (Wildman–Crippen MR) is 83.4 cm³/mol. The molecule has 0 aromatic carbocycles. The fraction of sp³-hybridized carbons (Fsp3) is 0.600. The number of amides is 1. The molecular weight excluding hydrogens is 336 g/mol. The molecule has 1 fully saturated rings. The van der Waals surface area contributed by atoms with Gasteiger partial charge in [0.15, 0.2) is 0 Å². The number of hydrogen-bond donors (Lipinski definition) is 0. The monoisotopic (exact) mass is 356 g/mol. The largest absolute Gasteiger partial charge is 0.472 e. The maximum Gasteiger partial charge on any atom is 0.410 e. The van der Waals surface area contributed by atoms with Crippen LogP contribution in [0.15, 0.2) is 22.8 Å². The van der Waals surface area contributed by atoms with E-state index in [1.807, 2.05) is 32.9 Å². The molecule has 116 valence electrons. The number of nitrogens with zero attached hydrogens (tertiary/aromatic N) is 2. The predicted octanol–water partition coefficient (Wildman–Crippen LogP) is 3.62. The molecule has 2 rings (SSSR count). The van der Waals surface area contributed by atoms with Crippen molar-refractivity contribution >= 4 is 22.0 Å². The molecule has 0 aliphatic carbocycles. The zero-order valence-electron chi connectivity index (χ0n) is 12.6. The highest BCUT2D eigenvalue weighted by Gasteiger charge is 2.28. The summed E-state index contributed by atoms with van der Waals surface area (Å²) in [6.45, 7) is 6.85. The second-order valence-electron chi connectivity index (χ2n) is 6.12. The minimum atomic E-state index is -0.474. The second-order valence-corrected chi connectivity index (χ2v) is 7.04. The first-order valence-electron chi connectivity index (χ1n) is 7.09. The standard InChI is InChI=1S/C15H21BrN2O3/c1-15(2,3)21-14(19)18-8-4-5-12(10-18)20-13-7-6-11(16)9-17-13/h6-7,9,12H,4-5,8,10H2,1-3H3/t12-/m1/s1. The minimum Gasteiger partial charge on any atom is -0.472 e. The SMILES string of the molecule is CC(C)(C)OC(=O)N1CCC[C@@H](Oc2ccc(Br)cn2)C1. The number of piperidine rings is 1. The van der Waals surface area contributed by atoms with Gasteiger partial charge < -0.3 is 14.4 Å². The van der Waals surface area contributed by atoms with Crippen molar-refractivity contribution in [3.05, 3.63) is 22.8 Å². The van der Waals surface area contributed by atoms with E-state index in [1.54, 1.807) is 11.1 Å². The van der Waals surface area contributed by atoms with Crippen LogP contribution in [0.4, 0.5) is 4.79 Å². The van der Waals surface area contributed by atoms with Crippen molar-refractivity contribution in [3.63, 3.8) is 0 Å². The van der Waals surface area contributed by atoms with Crippen LogP contribution >= 0.6 is 15.9 Å². The Morgan fingerprint density at radius 2 is 2.19 bits per heavy atom. The van der Waals surface area contributed by atoms with E-state index in [4.69, 9.17) is 9.47 Å². The molecule has 6 heteroatoms. The van der Waals surface area contributed by atoms with Gasteiger partial charge in [-0.05, 0) is 55.6 Å². The smallest absolute Gasteiger partial charge is 0.410 e. The van der Waals surface area contributed by atoms with Gasteiger partial charge in [-0.3, -0.25) is 0 Å². The van der Waals surface area contributed by atoms with Gasteiger partial charge in [0.25, 0.3) is 0 Å². The third-order valence-corrected chi connectivity index (χ3v) is 3.49. The number of rotatable bonds is 2. The summed E-state index contributed by atoms with van der Waals surface area (Å²) in [5, 5.41) is 0. The number of halogens is 1. The van der Waals surface area contributed by atoms with E-state index >= 15 is 0 Å². The molecular formula is C15H21BrN2O3. The summed E-state index contributed by atoms with van der Waals surface area (Å²) >= 11 is 3.34. The van der Waals surface area contributed by atoms with Gasteiger partial charge in [0.05, 0.1) is 6.54 Å². The molecule has 1 amide bonds. The van der Waals surface area contributed by atoms with Crippen molar-refractivity contribution in [2.75, 3.05) is 13.1 Å². The van der Waals surface area contributed by atoms with E-state index in [2.05, 4.69) is 20.9 Å². The van der Waals surface area contributed by atoms with Crippen molar-refractivity contribution in [3.8, 4) is 5.88 Å². The fourth-order valence-electron chi connectivity index (χ4n) is 2.13. The van der Waals surface area contributed by atoms with E-state index in [1.165, 1.54) is 0 Å². The molecule has 0 N–H and O–H groups in total. The molecule has 0 bridgehead atoms. The summed E-state index contributed by atoms with van der Waals surface area (Å²) in [7, 11) is 0. The van der Waals surface area contributed by atoms with Gasteiger partial charge in [0, 0.05) is 23.3 Å². The van der Waals surface area contributed by atoms with Crippen molar-refractivity contribution < 1.29 is 14.3 Å². The summed E-state index contributed by atoms with van der Waals surface area (Å²) < 4.78 is 12.2. The van der Waals surface area contributed by atoms with Gasteiger partial charge >= 0.3 is 6.09 Å². The molecule has 1 saturated heterocycles. The molecule has 0 radical (unpaired) electrons. The molecule has 1 atom stereocenters. The topological polar surface area (TPSA) is 51.7 Å². The van der Waals surface area contributed by atoms with E-state index < -0.39 is 5.60 Å². The molecule has 0 unspecified atom stereocenters. The van der Waals surface area contributed by atoms with Gasteiger partial charge in [-0.15, -0.1) is 0 Å². The van der Waals surface area contributed by atoms with E-state index in [0.29, 0.717) is 19.0 Å². The van der Waals surface area contributed by atoms with Crippen LogP contribution in [0.3, 0.4) is 0 Å². The van der Waals surface area contributed by atoms with E-state index in [9.17, 15) is 4.79 Å². The number of likely N-dealkylation sites (tertiary alicyclic amines) is 1. The molecule has 1 aromatic rings. The lowest BCUT2D eigenvalue weighted by Crippen LogP contribution is -2.46. The normalized spacial score (nSPS) is 19.2. The molecule has 1 aliphatic rings. The van der Waals surface area contributed by atoms with Gasteiger partial charge in [-0.25, -0.2) is 9.78 Å². The van der Waals surface area contributed by atoms with Gasteiger partial charge in [0.1, 0.15) is 11.7 Å². The summed E-state index contributed by atoms with van der Waals surface area (Å²) in [6, 6.07) is 3.70. The van der Waals surface area contributed by atoms with Crippen molar-refractivity contribution in [1.82, 2.24) is 9.88 Å². The zero-order chi connectivity index (χ0) is 15.5. The van der Waals surface area contributed by atoms with E-state index in [0.717, 1.165) is 17.3 Å². The highest BCUT2D eigenvalue weighted by molar-refractivity contribution is 9.10. The average Bonchev–Trinajstić information content (AvgIpc) is 2.40. The average molecular weight is 357 g/mol. The lowest BCUT2D eigenvalue weighted by Gasteiger charge is -2.33. The highest BCUT2D eigenvalue weighted by atomic mass is 79.9. The fourth-order valence-corrected chi connectivity index (χ4v) is 2.36. The van der Waals surface area contributed by atoms with Gasteiger partial charge in [-0.2, -0.15) is 0 Å². The van der Waals surface area contributed by atoms with Crippen LogP contribution in [0.2, 0.25) is 0 Å². The third kappa shape index (κ3) is 5.19. The summed E-state index contributed by atoms with van der Waals surface area (Å²) in [4.78, 5) is 18.0. The maximum absolute atomic E-state index is 12.1. The maximum atomic E-state index is 12.1. The Morgan fingerprint density at radius 1 is 1.43 bits per heavy atom. The van der Waals surface area contributed by atoms with E-state index in [-0.39, 0.29) is 12.2 Å². The zero-order valence-corrected chi connectivity index (χ0v) is 14.2. The lowest BCUT2D eigenvalue weighted by atomic mass is 10.1. The first-order chi connectivity index (χ1) is 9.83. The van der Waals surface area contributed by atoms with Crippen LogP contribution in [0, 0.1) is 0 Å². The summed E-state index contributed by atoms with van der Waals surface area (Å²) in [5.41, 5.74) is -0.474. The molecule has 1 aromatic heterocycles. The van der Waals surface area contributed by atoms with Crippen LogP contribution in [0.1, 0.15) is 33.6 Å².